The largest absolute Gasteiger partial charge is 0.493 e. The van der Waals surface area contributed by atoms with Crippen molar-refractivity contribution < 1.29 is 14.0 Å². The lowest BCUT2D eigenvalue weighted by molar-refractivity contribution is 0.141. The van der Waals surface area contributed by atoms with Gasteiger partial charge < -0.3 is 9.57 Å². The van der Waals surface area contributed by atoms with E-state index in [9.17, 15) is 4.39 Å². The van der Waals surface area contributed by atoms with E-state index in [0.29, 0.717) is 18.8 Å². The van der Waals surface area contributed by atoms with E-state index in [2.05, 4.69) is 4.84 Å². The first-order valence-electron chi connectivity index (χ1n) is 4.33. The molecular formula is C10H14FNO2. The highest BCUT2D eigenvalue weighted by atomic mass is 19.1. The molecule has 0 amide bonds. The molecule has 0 saturated carbocycles. The predicted molar refractivity (Wildman–Crippen MR) is 51.5 cm³/mol. The maximum atomic E-state index is 13.3. The van der Waals surface area contributed by atoms with Gasteiger partial charge in [-0.1, -0.05) is 6.07 Å². The SMILES string of the molecule is COc1c(C)cc(CCON)cc1F. The van der Waals surface area contributed by atoms with E-state index < -0.39 is 0 Å². The summed E-state index contributed by atoms with van der Waals surface area (Å²) in [5.41, 5.74) is 1.63. The van der Waals surface area contributed by atoms with Gasteiger partial charge in [0.05, 0.1) is 13.7 Å². The second-order valence-corrected chi connectivity index (χ2v) is 3.05. The molecule has 1 aromatic carbocycles. The average molecular weight is 199 g/mol. The normalized spacial score (nSPS) is 10.3. The minimum absolute atomic E-state index is 0.294. The Kier molecular flexibility index (Phi) is 3.85. The van der Waals surface area contributed by atoms with Crippen LogP contribution in [0.25, 0.3) is 0 Å². The van der Waals surface area contributed by atoms with E-state index in [1.165, 1.54) is 13.2 Å². The van der Waals surface area contributed by atoms with Crippen molar-refractivity contribution >= 4 is 0 Å². The van der Waals surface area contributed by atoms with Gasteiger partial charge in [-0.05, 0) is 30.5 Å². The first-order valence-corrected chi connectivity index (χ1v) is 4.33. The number of ether oxygens (including phenoxy) is 1. The van der Waals surface area contributed by atoms with Crippen LogP contribution in [0.2, 0.25) is 0 Å². The van der Waals surface area contributed by atoms with Crippen molar-refractivity contribution in [2.75, 3.05) is 13.7 Å². The maximum Gasteiger partial charge on any atom is 0.165 e. The zero-order valence-electron chi connectivity index (χ0n) is 8.34. The maximum absolute atomic E-state index is 13.3. The number of halogens is 1. The highest BCUT2D eigenvalue weighted by Gasteiger charge is 2.07. The van der Waals surface area contributed by atoms with E-state index in [-0.39, 0.29) is 5.82 Å². The summed E-state index contributed by atoms with van der Waals surface area (Å²) in [6.07, 6.45) is 0.595. The molecule has 0 unspecified atom stereocenters. The summed E-state index contributed by atoms with van der Waals surface area (Å²) < 4.78 is 18.2. The molecule has 14 heavy (non-hydrogen) atoms. The van der Waals surface area contributed by atoms with E-state index in [1.54, 1.807) is 6.92 Å². The fourth-order valence-corrected chi connectivity index (χ4v) is 1.38. The van der Waals surface area contributed by atoms with E-state index in [1.807, 2.05) is 6.07 Å². The third-order valence-electron chi connectivity index (χ3n) is 2.00. The predicted octanol–water partition coefficient (Wildman–Crippen LogP) is 1.58. The molecule has 78 valence electrons. The lowest BCUT2D eigenvalue weighted by Crippen LogP contribution is -2.04. The van der Waals surface area contributed by atoms with E-state index in [4.69, 9.17) is 10.6 Å². The minimum Gasteiger partial charge on any atom is -0.493 e. The van der Waals surface area contributed by atoms with Gasteiger partial charge in [-0.2, -0.15) is 0 Å². The van der Waals surface area contributed by atoms with Gasteiger partial charge in [-0.3, -0.25) is 0 Å². The van der Waals surface area contributed by atoms with Crippen molar-refractivity contribution in [3.63, 3.8) is 0 Å². The molecule has 1 aromatic rings. The number of benzene rings is 1. The zero-order chi connectivity index (χ0) is 10.6. The summed E-state index contributed by atoms with van der Waals surface area (Å²) in [5.74, 6) is 4.84. The van der Waals surface area contributed by atoms with Crippen molar-refractivity contribution in [1.29, 1.82) is 0 Å². The molecule has 0 atom stereocenters. The van der Waals surface area contributed by atoms with Crippen molar-refractivity contribution in [2.24, 2.45) is 5.90 Å². The Morgan fingerprint density at radius 2 is 2.14 bits per heavy atom. The van der Waals surface area contributed by atoms with Crippen LogP contribution < -0.4 is 10.6 Å². The Bertz CT molecular complexity index is 292. The summed E-state index contributed by atoms with van der Waals surface area (Å²) >= 11 is 0. The average Bonchev–Trinajstić information content (AvgIpc) is 2.14. The summed E-state index contributed by atoms with van der Waals surface area (Å²) in [6.45, 7) is 2.18. The summed E-state index contributed by atoms with van der Waals surface area (Å²) in [5, 5.41) is 0. The van der Waals surface area contributed by atoms with E-state index in [0.717, 1.165) is 11.1 Å². The van der Waals surface area contributed by atoms with Crippen molar-refractivity contribution in [3.05, 3.63) is 29.1 Å². The van der Waals surface area contributed by atoms with Crippen LogP contribution in [0.5, 0.6) is 5.75 Å². The van der Waals surface area contributed by atoms with Crippen LogP contribution in [-0.4, -0.2) is 13.7 Å². The molecule has 0 heterocycles. The summed E-state index contributed by atoms with van der Waals surface area (Å²) in [4.78, 5) is 4.43. The molecule has 0 aliphatic rings. The zero-order valence-corrected chi connectivity index (χ0v) is 8.34. The molecule has 0 bridgehead atoms. The van der Waals surface area contributed by atoms with Gasteiger partial charge in [0.25, 0.3) is 0 Å². The first kappa shape index (κ1) is 10.9. The van der Waals surface area contributed by atoms with Crippen LogP contribution in [0.3, 0.4) is 0 Å². The Labute approximate surface area is 82.6 Å². The van der Waals surface area contributed by atoms with Gasteiger partial charge in [-0.15, -0.1) is 0 Å². The second-order valence-electron chi connectivity index (χ2n) is 3.05. The molecule has 1 rings (SSSR count). The molecule has 0 saturated heterocycles. The first-order chi connectivity index (χ1) is 6.69. The summed E-state index contributed by atoms with van der Waals surface area (Å²) in [7, 11) is 1.45. The van der Waals surface area contributed by atoms with E-state index >= 15 is 0 Å². The third kappa shape index (κ3) is 2.43. The van der Waals surface area contributed by atoms with Gasteiger partial charge >= 0.3 is 0 Å². The van der Waals surface area contributed by atoms with Gasteiger partial charge in [0, 0.05) is 0 Å². The lowest BCUT2D eigenvalue weighted by Gasteiger charge is -2.08. The lowest BCUT2D eigenvalue weighted by atomic mass is 10.1. The molecule has 2 N–H and O–H groups in total. The molecule has 0 fully saturated rings. The fourth-order valence-electron chi connectivity index (χ4n) is 1.38. The smallest absolute Gasteiger partial charge is 0.165 e. The highest BCUT2D eigenvalue weighted by molar-refractivity contribution is 5.37. The Morgan fingerprint density at radius 1 is 1.43 bits per heavy atom. The van der Waals surface area contributed by atoms with Crippen molar-refractivity contribution in [2.45, 2.75) is 13.3 Å². The fraction of sp³-hybridized carbons (Fsp3) is 0.400. The summed E-state index contributed by atoms with van der Waals surface area (Å²) in [6, 6.07) is 3.30. The van der Waals surface area contributed by atoms with Crippen LogP contribution in [0, 0.1) is 12.7 Å². The van der Waals surface area contributed by atoms with Crippen molar-refractivity contribution in [1.82, 2.24) is 0 Å². The molecular weight excluding hydrogens is 185 g/mol. The standard InChI is InChI=1S/C10H14FNO2/c1-7-5-8(3-4-14-12)6-9(11)10(7)13-2/h5-6H,3-4,12H2,1-2H3. The molecule has 0 aromatic heterocycles. The molecule has 0 spiro atoms. The van der Waals surface area contributed by atoms with Crippen molar-refractivity contribution in [3.8, 4) is 5.75 Å². The van der Waals surface area contributed by atoms with Crippen LogP contribution in [0.15, 0.2) is 12.1 Å². The topological polar surface area (TPSA) is 44.5 Å². The Morgan fingerprint density at radius 3 is 2.64 bits per heavy atom. The molecule has 4 heteroatoms. The number of hydrogen-bond acceptors (Lipinski definition) is 3. The van der Waals surface area contributed by atoms with Gasteiger partial charge in [0.2, 0.25) is 0 Å². The Balaban J connectivity index is 2.90. The van der Waals surface area contributed by atoms with Crippen LogP contribution in [-0.2, 0) is 11.3 Å². The highest BCUT2D eigenvalue weighted by Crippen LogP contribution is 2.23. The van der Waals surface area contributed by atoms with Gasteiger partial charge in [0.1, 0.15) is 0 Å². The van der Waals surface area contributed by atoms with Gasteiger partial charge in [0.15, 0.2) is 11.6 Å². The van der Waals surface area contributed by atoms with Crippen LogP contribution in [0.1, 0.15) is 11.1 Å². The molecule has 3 nitrogen and oxygen atoms in total. The van der Waals surface area contributed by atoms with Crippen LogP contribution in [0.4, 0.5) is 4.39 Å². The number of hydrogen-bond donors (Lipinski definition) is 1. The minimum atomic E-state index is -0.348. The second kappa shape index (κ2) is 4.93. The number of nitrogens with two attached hydrogens (primary N) is 1. The number of rotatable bonds is 4. The molecule has 0 radical (unpaired) electrons. The quantitative estimate of drug-likeness (QED) is 0.749. The van der Waals surface area contributed by atoms with Gasteiger partial charge in [-0.25, -0.2) is 10.3 Å². The molecule has 0 aliphatic heterocycles. The third-order valence-corrected chi connectivity index (χ3v) is 2.00. The Hall–Kier alpha value is -1.13. The number of methoxy groups -OCH3 is 1. The van der Waals surface area contributed by atoms with Crippen LogP contribution >= 0.6 is 0 Å². The number of aryl methyl sites for hydroxylation is 1. The molecule has 0 aliphatic carbocycles. The monoisotopic (exact) mass is 199 g/mol.